The van der Waals surface area contributed by atoms with Crippen molar-refractivity contribution in [1.29, 1.82) is 5.26 Å². The summed E-state index contributed by atoms with van der Waals surface area (Å²) in [4.78, 5) is 24.5. The van der Waals surface area contributed by atoms with Crippen molar-refractivity contribution in [3.8, 4) is 17.4 Å². The monoisotopic (exact) mass is 436 g/mol. The van der Waals surface area contributed by atoms with E-state index in [9.17, 15) is 14.9 Å². The van der Waals surface area contributed by atoms with E-state index < -0.39 is 5.91 Å². The lowest BCUT2D eigenvalue weighted by Crippen LogP contribution is -2.13. The SMILES string of the molecule is CCOC(=O)c1ccc(-c2ccc(/C=C(/C#N)C(=O)Nc3cccc4ccccc34)o2)cc1. The Morgan fingerprint density at radius 2 is 1.76 bits per heavy atom. The van der Waals surface area contributed by atoms with E-state index in [2.05, 4.69) is 5.32 Å². The molecule has 0 bridgehead atoms. The molecule has 0 radical (unpaired) electrons. The number of carbonyl (C=O) groups excluding carboxylic acids is 2. The van der Waals surface area contributed by atoms with E-state index in [0.717, 1.165) is 16.3 Å². The lowest BCUT2D eigenvalue weighted by Gasteiger charge is -2.08. The van der Waals surface area contributed by atoms with Gasteiger partial charge in [-0.1, -0.05) is 48.5 Å². The Hall–Kier alpha value is -4.63. The van der Waals surface area contributed by atoms with Crippen LogP contribution in [0.3, 0.4) is 0 Å². The number of esters is 1. The van der Waals surface area contributed by atoms with Gasteiger partial charge < -0.3 is 14.5 Å². The fraction of sp³-hybridized carbons (Fsp3) is 0.0741. The smallest absolute Gasteiger partial charge is 0.338 e. The topological polar surface area (TPSA) is 92.3 Å². The minimum absolute atomic E-state index is 0.0820. The van der Waals surface area contributed by atoms with Gasteiger partial charge in [0.2, 0.25) is 0 Å². The third-order valence-electron chi connectivity index (χ3n) is 5.00. The van der Waals surface area contributed by atoms with E-state index >= 15 is 0 Å². The quantitative estimate of drug-likeness (QED) is 0.233. The number of amides is 1. The van der Waals surface area contributed by atoms with Crippen LogP contribution in [0.5, 0.6) is 0 Å². The van der Waals surface area contributed by atoms with Gasteiger partial charge in [0.25, 0.3) is 5.91 Å². The summed E-state index contributed by atoms with van der Waals surface area (Å²) in [5.41, 5.74) is 1.74. The number of furan rings is 1. The molecule has 0 saturated carbocycles. The molecule has 0 aliphatic rings. The molecule has 4 aromatic rings. The first-order valence-electron chi connectivity index (χ1n) is 10.4. The molecule has 1 amide bonds. The fourth-order valence-corrected chi connectivity index (χ4v) is 3.39. The molecule has 1 heterocycles. The zero-order chi connectivity index (χ0) is 23.2. The summed E-state index contributed by atoms with van der Waals surface area (Å²) < 4.78 is 10.8. The highest BCUT2D eigenvalue weighted by atomic mass is 16.5. The Morgan fingerprint density at radius 1 is 1.00 bits per heavy atom. The van der Waals surface area contributed by atoms with E-state index in [1.165, 1.54) is 6.08 Å². The van der Waals surface area contributed by atoms with Crippen molar-refractivity contribution in [2.75, 3.05) is 11.9 Å². The van der Waals surface area contributed by atoms with E-state index in [1.807, 2.05) is 42.5 Å². The number of fused-ring (bicyclic) bond motifs is 1. The lowest BCUT2D eigenvalue weighted by atomic mass is 10.1. The van der Waals surface area contributed by atoms with Gasteiger partial charge >= 0.3 is 5.97 Å². The number of hydrogen-bond donors (Lipinski definition) is 1. The standard InChI is InChI=1S/C27H20N2O4/c1-2-32-27(31)20-12-10-19(11-13-20)25-15-14-22(33-25)16-21(17-28)26(30)29-24-9-5-7-18-6-3-4-8-23(18)24/h3-16H,2H2,1H3,(H,29,30)/b21-16-. The summed E-state index contributed by atoms with van der Waals surface area (Å²) in [6.07, 6.45) is 1.40. The second-order valence-electron chi connectivity index (χ2n) is 7.15. The molecule has 33 heavy (non-hydrogen) atoms. The molecule has 6 nitrogen and oxygen atoms in total. The van der Waals surface area contributed by atoms with Gasteiger partial charge in [-0.3, -0.25) is 4.79 Å². The molecule has 0 unspecified atom stereocenters. The predicted molar refractivity (Wildman–Crippen MR) is 126 cm³/mol. The van der Waals surface area contributed by atoms with Crippen LogP contribution in [0.1, 0.15) is 23.0 Å². The molecule has 0 aliphatic carbocycles. The van der Waals surface area contributed by atoms with Crippen molar-refractivity contribution in [3.63, 3.8) is 0 Å². The van der Waals surface area contributed by atoms with E-state index in [4.69, 9.17) is 9.15 Å². The number of ether oxygens (including phenoxy) is 1. The van der Waals surface area contributed by atoms with Gasteiger partial charge in [-0.15, -0.1) is 0 Å². The maximum absolute atomic E-state index is 12.7. The maximum Gasteiger partial charge on any atom is 0.338 e. The number of anilines is 1. The van der Waals surface area contributed by atoms with Gasteiger partial charge in [-0.2, -0.15) is 5.26 Å². The van der Waals surface area contributed by atoms with Crippen LogP contribution in [0, 0.1) is 11.3 Å². The lowest BCUT2D eigenvalue weighted by molar-refractivity contribution is -0.112. The van der Waals surface area contributed by atoms with Crippen LogP contribution >= 0.6 is 0 Å². The normalized spacial score (nSPS) is 11.1. The summed E-state index contributed by atoms with van der Waals surface area (Å²) >= 11 is 0. The van der Waals surface area contributed by atoms with Crippen LogP contribution in [0.4, 0.5) is 5.69 Å². The number of benzene rings is 3. The fourth-order valence-electron chi connectivity index (χ4n) is 3.39. The number of nitriles is 1. The molecule has 3 aromatic carbocycles. The van der Waals surface area contributed by atoms with Crippen molar-refractivity contribution in [2.24, 2.45) is 0 Å². The number of hydrogen-bond acceptors (Lipinski definition) is 5. The van der Waals surface area contributed by atoms with Crippen molar-refractivity contribution in [1.82, 2.24) is 0 Å². The largest absolute Gasteiger partial charge is 0.462 e. The summed E-state index contributed by atoms with van der Waals surface area (Å²) in [5, 5.41) is 14.2. The molecular formula is C27H20N2O4. The first kappa shape index (κ1) is 21.6. The second-order valence-corrected chi connectivity index (χ2v) is 7.15. The average Bonchev–Trinajstić information content (AvgIpc) is 3.31. The third-order valence-corrected chi connectivity index (χ3v) is 5.00. The number of nitrogens with zero attached hydrogens (tertiary/aromatic N) is 1. The molecule has 0 atom stereocenters. The predicted octanol–water partition coefficient (Wildman–Crippen LogP) is 5.82. The van der Waals surface area contributed by atoms with Gasteiger partial charge in [0.15, 0.2) is 0 Å². The Bertz CT molecular complexity index is 1390. The molecule has 1 N–H and O–H groups in total. The molecule has 1 aromatic heterocycles. The molecule has 162 valence electrons. The zero-order valence-corrected chi connectivity index (χ0v) is 17.9. The summed E-state index contributed by atoms with van der Waals surface area (Å²) in [5.74, 6) is 0.000998. The molecule has 0 fully saturated rings. The minimum Gasteiger partial charge on any atom is -0.462 e. The number of nitrogens with one attached hydrogen (secondary N) is 1. The third kappa shape index (κ3) is 4.83. The van der Waals surface area contributed by atoms with Gasteiger partial charge in [-0.05, 0) is 42.6 Å². The van der Waals surface area contributed by atoms with Crippen LogP contribution in [0.2, 0.25) is 0 Å². The van der Waals surface area contributed by atoms with Gasteiger partial charge in [0.05, 0.1) is 12.2 Å². The maximum atomic E-state index is 12.7. The average molecular weight is 436 g/mol. The number of carbonyl (C=O) groups is 2. The summed E-state index contributed by atoms with van der Waals surface area (Å²) in [7, 11) is 0. The molecule has 6 heteroatoms. The van der Waals surface area contributed by atoms with Gasteiger partial charge in [-0.25, -0.2) is 4.79 Å². The highest BCUT2D eigenvalue weighted by molar-refractivity contribution is 6.12. The van der Waals surface area contributed by atoms with Crippen molar-refractivity contribution in [3.05, 3.63) is 95.8 Å². The van der Waals surface area contributed by atoms with Crippen molar-refractivity contribution >= 4 is 34.4 Å². The highest BCUT2D eigenvalue weighted by Gasteiger charge is 2.13. The van der Waals surface area contributed by atoms with Crippen LogP contribution < -0.4 is 5.32 Å². The van der Waals surface area contributed by atoms with Crippen molar-refractivity contribution in [2.45, 2.75) is 6.92 Å². The Kier molecular flexibility index (Phi) is 6.33. The molecule has 0 saturated heterocycles. The Morgan fingerprint density at radius 3 is 2.52 bits per heavy atom. The zero-order valence-electron chi connectivity index (χ0n) is 17.9. The molecule has 0 spiro atoms. The Labute approximate surface area is 190 Å². The Balaban J connectivity index is 1.53. The minimum atomic E-state index is -0.523. The molecular weight excluding hydrogens is 416 g/mol. The highest BCUT2D eigenvalue weighted by Crippen LogP contribution is 2.26. The van der Waals surface area contributed by atoms with Crippen LogP contribution in [0.15, 0.2) is 88.9 Å². The van der Waals surface area contributed by atoms with E-state index in [-0.39, 0.29) is 11.5 Å². The van der Waals surface area contributed by atoms with Crippen molar-refractivity contribution < 1.29 is 18.7 Å². The van der Waals surface area contributed by atoms with E-state index in [0.29, 0.717) is 29.4 Å². The van der Waals surface area contributed by atoms with Gasteiger partial charge in [0.1, 0.15) is 23.2 Å². The van der Waals surface area contributed by atoms with Crippen LogP contribution in [0.25, 0.3) is 28.2 Å². The summed E-state index contributed by atoms with van der Waals surface area (Å²) in [6.45, 7) is 2.06. The second kappa shape index (κ2) is 9.67. The van der Waals surface area contributed by atoms with E-state index in [1.54, 1.807) is 49.4 Å². The first-order valence-corrected chi connectivity index (χ1v) is 10.4. The van der Waals surface area contributed by atoms with Gasteiger partial charge in [0, 0.05) is 22.7 Å². The molecule has 0 aliphatic heterocycles. The van der Waals surface area contributed by atoms with Crippen LogP contribution in [-0.4, -0.2) is 18.5 Å². The first-order chi connectivity index (χ1) is 16.1. The summed E-state index contributed by atoms with van der Waals surface area (Å²) in [6, 6.07) is 25.4. The molecule has 4 rings (SSSR count). The van der Waals surface area contributed by atoms with Crippen LogP contribution in [-0.2, 0) is 9.53 Å². The number of rotatable bonds is 6.